The molecule has 0 N–H and O–H groups in total. The molecule has 0 amide bonds. The lowest BCUT2D eigenvalue weighted by atomic mass is 10.0. The maximum absolute atomic E-state index is 13.2. The van der Waals surface area contributed by atoms with Crippen molar-refractivity contribution in [3.63, 3.8) is 0 Å². The Morgan fingerprint density at radius 1 is 1.75 bits per heavy atom. The Labute approximate surface area is 71.5 Å². The number of nitrogens with zero attached hydrogens (tertiary/aromatic N) is 1. The van der Waals surface area contributed by atoms with Gasteiger partial charge >= 0.3 is 5.97 Å². The minimum atomic E-state index is -1.44. The molecule has 0 aromatic heterocycles. The highest BCUT2D eigenvalue weighted by Crippen LogP contribution is 2.21. The molecule has 1 saturated heterocycles. The van der Waals surface area contributed by atoms with E-state index < -0.39 is 12.1 Å². The predicted molar refractivity (Wildman–Crippen MR) is 42.5 cm³/mol. The van der Waals surface area contributed by atoms with Crippen molar-refractivity contribution in [1.29, 1.82) is 0 Å². The molecule has 0 aliphatic carbocycles. The molecule has 0 radical (unpaired) electrons. The van der Waals surface area contributed by atoms with Crippen LogP contribution in [0.15, 0.2) is 0 Å². The SMILES string of the molecule is COC(=O)C(F)C1CCN(C)C1. The van der Waals surface area contributed by atoms with Crippen molar-refractivity contribution >= 4 is 5.97 Å². The number of esters is 1. The number of hydrogen-bond acceptors (Lipinski definition) is 3. The van der Waals surface area contributed by atoms with Crippen LogP contribution in [0.25, 0.3) is 0 Å². The first-order valence-corrected chi connectivity index (χ1v) is 4.05. The topological polar surface area (TPSA) is 29.5 Å². The van der Waals surface area contributed by atoms with E-state index in [1.165, 1.54) is 7.11 Å². The molecule has 0 saturated carbocycles. The predicted octanol–water partition coefficient (Wildman–Crippen LogP) is 0.449. The molecular weight excluding hydrogens is 161 g/mol. The summed E-state index contributed by atoms with van der Waals surface area (Å²) in [5, 5.41) is 0. The second-order valence-electron chi connectivity index (χ2n) is 3.24. The number of likely N-dealkylation sites (tertiary alicyclic amines) is 1. The van der Waals surface area contributed by atoms with Gasteiger partial charge in [0.25, 0.3) is 0 Å². The van der Waals surface area contributed by atoms with E-state index in [9.17, 15) is 9.18 Å². The maximum Gasteiger partial charge on any atom is 0.340 e. The molecule has 1 heterocycles. The molecule has 1 rings (SSSR count). The van der Waals surface area contributed by atoms with Crippen LogP contribution in [0.5, 0.6) is 0 Å². The van der Waals surface area contributed by atoms with Gasteiger partial charge in [-0.2, -0.15) is 0 Å². The van der Waals surface area contributed by atoms with Gasteiger partial charge in [0.15, 0.2) is 0 Å². The van der Waals surface area contributed by atoms with E-state index in [0.29, 0.717) is 6.54 Å². The van der Waals surface area contributed by atoms with E-state index in [-0.39, 0.29) is 5.92 Å². The highest BCUT2D eigenvalue weighted by Gasteiger charge is 2.33. The number of carbonyl (C=O) groups is 1. The second-order valence-corrected chi connectivity index (χ2v) is 3.24. The Balaban J connectivity index is 2.42. The molecule has 3 nitrogen and oxygen atoms in total. The second kappa shape index (κ2) is 3.85. The fraction of sp³-hybridized carbons (Fsp3) is 0.875. The molecule has 0 aromatic carbocycles. The summed E-state index contributed by atoms with van der Waals surface area (Å²) in [5.41, 5.74) is 0. The van der Waals surface area contributed by atoms with Crippen LogP contribution >= 0.6 is 0 Å². The van der Waals surface area contributed by atoms with Crippen molar-refractivity contribution in [2.75, 3.05) is 27.2 Å². The number of ether oxygens (including phenoxy) is 1. The lowest BCUT2D eigenvalue weighted by Gasteiger charge is -2.12. The van der Waals surface area contributed by atoms with E-state index >= 15 is 0 Å². The van der Waals surface area contributed by atoms with Gasteiger partial charge in [0, 0.05) is 12.5 Å². The molecular formula is C8H14FNO2. The summed E-state index contributed by atoms with van der Waals surface area (Å²) in [6.45, 7) is 1.51. The van der Waals surface area contributed by atoms with Crippen LogP contribution < -0.4 is 0 Å². The quantitative estimate of drug-likeness (QED) is 0.571. The first kappa shape index (κ1) is 9.45. The molecule has 1 aliphatic rings. The molecule has 4 heteroatoms. The number of alkyl halides is 1. The summed E-state index contributed by atoms with van der Waals surface area (Å²) < 4.78 is 17.5. The van der Waals surface area contributed by atoms with Crippen molar-refractivity contribution in [2.24, 2.45) is 5.92 Å². The molecule has 0 aromatic rings. The summed E-state index contributed by atoms with van der Waals surface area (Å²) >= 11 is 0. The van der Waals surface area contributed by atoms with Crippen LogP contribution in [0.2, 0.25) is 0 Å². The molecule has 2 unspecified atom stereocenters. The Hall–Kier alpha value is -0.640. The van der Waals surface area contributed by atoms with Gasteiger partial charge in [0.05, 0.1) is 7.11 Å². The number of hydrogen-bond donors (Lipinski definition) is 0. The van der Waals surface area contributed by atoms with Gasteiger partial charge in [-0.3, -0.25) is 0 Å². The van der Waals surface area contributed by atoms with Gasteiger partial charge in [-0.15, -0.1) is 0 Å². The average Bonchev–Trinajstić information content (AvgIpc) is 2.49. The van der Waals surface area contributed by atoms with Crippen molar-refractivity contribution in [3.05, 3.63) is 0 Å². The van der Waals surface area contributed by atoms with Gasteiger partial charge in [-0.25, -0.2) is 9.18 Å². The minimum absolute atomic E-state index is 0.178. The largest absolute Gasteiger partial charge is 0.467 e. The molecule has 2 atom stereocenters. The number of carbonyl (C=O) groups excluding carboxylic acids is 1. The first-order valence-electron chi connectivity index (χ1n) is 4.05. The Kier molecular flexibility index (Phi) is 3.03. The third-order valence-corrected chi connectivity index (χ3v) is 2.27. The van der Waals surface area contributed by atoms with Crippen LogP contribution in [0.4, 0.5) is 4.39 Å². The summed E-state index contributed by atoms with van der Waals surface area (Å²) in [5.74, 6) is -0.919. The molecule has 1 fully saturated rings. The highest BCUT2D eigenvalue weighted by molar-refractivity contribution is 5.74. The molecule has 0 spiro atoms. The van der Waals surface area contributed by atoms with E-state index in [2.05, 4.69) is 4.74 Å². The van der Waals surface area contributed by atoms with Crippen LogP contribution in [0.3, 0.4) is 0 Å². The lowest BCUT2D eigenvalue weighted by Crippen LogP contribution is -2.28. The first-order chi connectivity index (χ1) is 5.65. The van der Waals surface area contributed by atoms with Gasteiger partial charge in [0.1, 0.15) is 0 Å². The number of halogens is 1. The third kappa shape index (κ3) is 1.94. The van der Waals surface area contributed by atoms with Gasteiger partial charge in [-0.1, -0.05) is 0 Å². The highest BCUT2D eigenvalue weighted by atomic mass is 19.1. The minimum Gasteiger partial charge on any atom is -0.467 e. The van der Waals surface area contributed by atoms with Crippen LogP contribution in [0, 0.1) is 5.92 Å². The lowest BCUT2D eigenvalue weighted by molar-refractivity contribution is -0.148. The van der Waals surface area contributed by atoms with Crippen molar-refractivity contribution in [3.8, 4) is 0 Å². The Morgan fingerprint density at radius 3 is 2.83 bits per heavy atom. The van der Waals surface area contributed by atoms with Crippen LogP contribution in [0.1, 0.15) is 6.42 Å². The molecule has 12 heavy (non-hydrogen) atoms. The molecule has 1 aliphatic heterocycles. The zero-order valence-corrected chi connectivity index (χ0v) is 7.42. The smallest absolute Gasteiger partial charge is 0.340 e. The van der Waals surface area contributed by atoms with Gasteiger partial charge in [-0.05, 0) is 20.0 Å². The summed E-state index contributed by atoms with van der Waals surface area (Å²) in [6, 6.07) is 0. The number of rotatable bonds is 2. The molecule has 70 valence electrons. The van der Waals surface area contributed by atoms with E-state index in [0.717, 1.165) is 13.0 Å². The fourth-order valence-corrected chi connectivity index (χ4v) is 1.51. The average molecular weight is 175 g/mol. The monoisotopic (exact) mass is 175 g/mol. The van der Waals surface area contributed by atoms with Crippen LogP contribution in [-0.2, 0) is 9.53 Å². The normalized spacial score (nSPS) is 27.1. The summed E-state index contributed by atoms with van der Waals surface area (Å²) in [6.07, 6.45) is -0.702. The fourth-order valence-electron chi connectivity index (χ4n) is 1.51. The van der Waals surface area contributed by atoms with Crippen molar-refractivity contribution in [1.82, 2.24) is 4.90 Å². The van der Waals surface area contributed by atoms with E-state index in [1.54, 1.807) is 0 Å². The van der Waals surface area contributed by atoms with Crippen molar-refractivity contribution < 1.29 is 13.9 Å². The standard InChI is InChI=1S/C8H14FNO2/c1-10-4-3-6(5-10)7(9)8(11)12-2/h6-7H,3-5H2,1-2H3. The maximum atomic E-state index is 13.2. The Bertz CT molecular complexity index is 174. The third-order valence-electron chi connectivity index (χ3n) is 2.27. The Morgan fingerprint density at radius 2 is 2.42 bits per heavy atom. The zero-order valence-electron chi connectivity index (χ0n) is 7.42. The van der Waals surface area contributed by atoms with Gasteiger partial charge in [0.2, 0.25) is 6.17 Å². The van der Waals surface area contributed by atoms with Crippen molar-refractivity contribution in [2.45, 2.75) is 12.6 Å². The van der Waals surface area contributed by atoms with E-state index in [4.69, 9.17) is 0 Å². The number of methoxy groups -OCH3 is 1. The van der Waals surface area contributed by atoms with Gasteiger partial charge < -0.3 is 9.64 Å². The van der Waals surface area contributed by atoms with Crippen LogP contribution in [-0.4, -0.2) is 44.3 Å². The summed E-state index contributed by atoms with van der Waals surface area (Å²) in [7, 11) is 3.14. The molecule has 0 bridgehead atoms. The zero-order chi connectivity index (χ0) is 9.14. The van der Waals surface area contributed by atoms with E-state index in [1.807, 2.05) is 11.9 Å². The summed E-state index contributed by atoms with van der Waals surface area (Å²) in [4.78, 5) is 12.8.